The predicted octanol–water partition coefficient (Wildman–Crippen LogP) is 4.27. The fourth-order valence-corrected chi connectivity index (χ4v) is 4.71. The fourth-order valence-electron chi connectivity index (χ4n) is 4.71. The first-order valence-electron chi connectivity index (χ1n) is 11.9. The Balaban J connectivity index is 0.000000665. The highest BCUT2D eigenvalue weighted by Crippen LogP contribution is 2.31. The predicted molar refractivity (Wildman–Crippen MR) is 116 cm³/mol. The van der Waals surface area contributed by atoms with E-state index in [1.807, 2.05) is 13.8 Å². The van der Waals surface area contributed by atoms with Crippen LogP contribution >= 0.6 is 0 Å². The van der Waals surface area contributed by atoms with E-state index in [0.717, 1.165) is 44.7 Å². The average Bonchev–Trinajstić information content (AvgIpc) is 2.71. The molecule has 2 saturated heterocycles. The number of aliphatic hydroxyl groups excluding tert-OH is 1. The summed E-state index contributed by atoms with van der Waals surface area (Å²) in [4.78, 5) is 5.24. The van der Waals surface area contributed by atoms with Gasteiger partial charge in [-0.2, -0.15) is 0 Å². The summed E-state index contributed by atoms with van der Waals surface area (Å²) in [6.45, 7) is 17.7. The largest absolute Gasteiger partial charge is 0.396 e. The van der Waals surface area contributed by atoms with Crippen LogP contribution in [0.15, 0.2) is 0 Å². The number of hydrogen-bond acceptors (Lipinski definition) is 4. The zero-order chi connectivity index (χ0) is 19.9. The van der Waals surface area contributed by atoms with E-state index in [1.54, 1.807) is 0 Å². The van der Waals surface area contributed by atoms with E-state index >= 15 is 0 Å². The fraction of sp³-hybridized carbons (Fsp3) is 1.00. The van der Waals surface area contributed by atoms with Gasteiger partial charge in [-0.05, 0) is 56.4 Å². The molecule has 0 aromatic carbocycles. The van der Waals surface area contributed by atoms with Crippen LogP contribution in [0, 0.1) is 17.8 Å². The van der Waals surface area contributed by atoms with Crippen molar-refractivity contribution < 1.29 is 9.84 Å². The maximum Gasteiger partial charge on any atom is 0.0594 e. The molecule has 4 heteroatoms. The van der Waals surface area contributed by atoms with Crippen LogP contribution in [0.1, 0.15) is 72.6 Å². The average molecular weight is 385 g/mol. The minimum Gasteiger partial charge on any atom is -0.396 e. The van der Waals surface area contributed by atoms with E-state index in [1.165, 1.54) is 64.6 Å². The molecule has 3 atom stereocenters. The second-order valence-corrected chi connectivity index (χ2v) is 8.47. The van der Waals surface area contributed by atoms with Crippen molar-refractivity contribution in [2.45, 2.75) is 72.6 Å². The van der Waals surface area contributed by atoms with E-state index in [-0.39, 0.29) is 0 Å². The zero-order valence-electron chi connectivity index (χ0n) is 18.8. The van der Waals surface area contributed by atoms with Gasteiger partial charge in [-0.1, -0.05) is 40.5 Å². The van der Waals surface area contributed by atoms with Crippen LogP contribution in [0.2, 0.25) is 0 Å². The molecule has 1 N–H and O–H groups in total. The third-order valence-electron chi connectivity index (χ3n) is 5.89. The molecular weight excluding hydrogens is 336 g/mol. The van der Waals surface area contributed by atoms with Crippen molar-refractivity contribution in [3.8, 4) is 0 Å². The standard InChI is InChI=1S/C18H34N2O2.C3H8.C2H6/c21-15-18-5-2-6-20(14-18)13-17-4-1-3-16(11-17)12-19-7-9-22-10-8-19;1-3-2;1-2/h16-18,21H,1-15H2;3H2,1-2H3;1-2H3. The molecular formula is C23H48N2O2. The molecule has 3 fully saturated rings. The molecule has 1 saturated carbocycles. The van der Waals surface area contributed by atoms with Gasteiger partial charge in [0.2, 0.25) is 0 Å². The van der Waals surface area contributed by atoms with Gasteiger partial charge in [0, 0.05) is 39.3 Å². The maximum absolute atomic E-state index is 9.40. The zero-order valence-corrected chi connectivity index (χ0v) is 18.8. The van der Waals surface area contributed by atoms with Gasteiger partial charge in [0.15, 0.2) is 0 Å². The van der Waals surface area contributed by atoms with Crippen molar-refractivity contribution in [2.24, 2.45) is 17.8 Å². The Morgan fingerprint density at radius 3 is 1.96 bits per heavy atom. The number of rotatable bonds is 5. The van der Waals surface area contributed by atoms with Gasteiger partial charge >= 0.3 is 0 Å². The maximum atomic E-state index is 9.40. The number of morpholine rings is 1. The molecule has 0 bridgehead atoms. The highest BCUT2D eigenvalue weighted by Gasteiger charge is 2.27. The molecule has 2 heterocycles. The van der Waals surface area contributed by atoms with Crippen molar-refractivity contribution in [1.29, 1.82) is 0 Å². The molecule has 0 spiro atoms. The van der Waals surface area contributed by atoms with Crippen LogP contribution in [-0.2, 0) is 4.74 Å². The van der Waals surface area contributed by atoms with Crippen molar-refractivity contribution in [1.82, 2.24) is 9.80 Å². The Hall–Kier alpha value is -0.160. The first-order chi connectivity index (χ1) is 13.2. The number of piperidine rings is 1. The Labute approximate surface area is 169 Å². The number of nitrogens with zero attached hydrogens (tertiary/aromatic N) is 2. The summed E-state index contributed by atoms with van der Waals surface area (Å²) in [7, 11) is 0. The highest BCUT2D eigenvalue weighted by atomic mass is 16.5. The summed E-state index contributed by atoms with van der Waals surface area (Å²) in [5, 5.41) is 9.40. The molecule has 2 aliphatic heterocycles. The van der Waals surface area contributed by atoms with Crippen LogP contribution in [-0.4, -0.2) is 74.0 Å². The molecule has 27 heavy (non-hydrogen) atoms. The van der Waals surface area contributed by atoms with Gasteiger partial charge in [-0.25, -0.2) is 0 Å². The Morgan fingerprint density at radius 1 is 0.815 bits per heavy atom. The molecule has 0 aromatic heterocycles. The smallest absolute Gasteiger partial charge is 0.0594 e. The Kier molecular flexibility index (Phi) is 14.5. The SMILES string of the molecule is CC.CCC.OCC1CCCN(CC2CCCC(CN3CCOCC3)C2)C1. The molecule has 3 rings (SSSR count). The molecule has 162 valence electrons. The minimum atomic E-state index is 0.376. The molecule has 0 aromatic rings. The number of ether oxygens (including phenoxy) is 1. The lowest BCUT2D eigenvalue weighted by molar-refractivity contribution is 0.0235. The normalized spacial score (nSPS) is 29.9. The summed E-state index contributed by atoms with van der Waals surface area (Å²) >= 11 is 0. The first-order valence-corrected chi connectivity index (χ1v) is 11.9. The van der Waals surface area contributed by atoms with E-state index < -0.39 is 0 Å². The van der Waals surface area contributed by atoms with Crippen LogP contribution < -0.4 is 0 Å². The minimum absolute atomic E-state index is 0.376. The van der Waals surface area contributed by atoms with Crippen molar-refractivity contribution in [3.63, 3.8) is 0 Å². The lowest BCUT2D eigenvalue weighted by atomic mass is 9.80. The van der Waals surface area contributed by atoms with Crippen LogP contribution in [0.4, 0.5) is 0 Å². The van der Waals surface area contributed by atoms with E-state index in [2.05, 4.69) is 23.6 Å². The van der Waals surface area contributed by atoms with Crippen LogP contribution in [0.5, 0.6) is 0 Å². The number of aliphatic hydroxyl groups is 1. The summed E-state index contributed by atoms with van der Waals surface area (Å²) in [5.74, 6) is 2.31. The molecule has 3 aliphatic rings. The Morgan fingerprint density at radius 2 is 1.37 bits per heavy atom. The Bertz CT molecular complexity index is 334. The summed E-state index contributed by atoms with van der Waals surface area (Å²) in [6.07, 6.45) is 9.41. The lowest BCUT2D eigenvalue weighted by Gasteiger charge is -2.38. The molecule has 3 unspecified atom stereocenters. The molecule has 1 aliphatic carbocycles. The molecule has 4 nitrogen and oxygen atoms in total. The van der Waals surface area contributed by atoms with Crippen molar-refractivity contribution in [3.05, 3.63) is 0 Å². The molecule has 0 amide bonds. The summed E-state index contributed by atoms with van der Waals surface area (Å²) < 4.78 is 5.46. The van der Waals surface area contributed by atoms with E-state index in [9.17, 15) is 5.11 Å². The number of likely N-dealkylation sites (tertiary alicyclic amines) is 1. The molecule has 0 radical (unpaired) electrons. The van der Waals surface area contributed by atoms with Crippen LogP contribution in [0.3, 0.4) is 0 Å². The highest BCUT2D eigenvalue weighted by molar-refractivity contribution is 4.81. The van der Waals surface area contributed by atoms with Gasteiger partial charge in [0.05, 0.1) is 13.2 Å². The first kappa shape index (κ1) is 24.9. The van der Waals surface area contributed by atoms with Gasteiger partial charge in [0.1, 0.15) is 0 Å². The van der Waals surface area contributed by atoms with Crippen molar-refractivity contribution in [2.75, 3.05) is 59.1 Å². The quantitative estimate of drug-likeness (QED) is 0.768. The van der Waals surface area contributed by atoms with Gasteiger partial charge in [-0.15, -0.1) is 0 Å². The van der Waals surface area contributed by atoms with E-state index in [0.29, 0.717) is 12.5 Å². The topological polar surface area (TPSA) is 35.9 Å². The third-order valence-corrected chi connectivity index (χ3v) is 5.89. The lowest BCUT2D eigenvalue weighted by Crippen LogP contribution is -2.42. The van der Waals surface area contributed by atoms with Gasteiger partial charge in [-0.3, -0.25) is 4.90 Å². The summed E-state index contributed by atoms with van der Waals surface area (Å²) in [5.41, 5.74) is 0. The van der Waals surface area contributed by atoms with Gasteiger partial charge < -0.3 is 14.7 Å². The summed E-state index contributed by atoms with van der Waals surface area (Å²) in [6, 6.07) is 0. The van der Waals surface area contributed by atoms with Crippen LogP contribution in [0.25, 0.3) is 0 Å². The second kappa shape index (κ2) is 15.7. The second-order valence-electron chi connectivity index (χ2n) is 8.47. The monoisotopic (exact) mass is 384 g/mol. The van der Waals surface area contributed by atoms with Gasteiger partial charge in [0.25, 0.3) is 0 Å². The third kappa shape index (κ3) is 10.3. The number of hydrogen-bond donors (Lipinski definition) is 1. The van der Waals surface area contributed by atoms with E-state index in [4.69, 9.17) is 4.74 Å². The van der Waals surface area contributed by atoms with Crippen molar-refractivity contribution >= 4 is 0 Å².